The smallest absolute Gasteiger partial charge is 0.341 e. The quantitative estimate of drug-likeness (QED) is 0.476. The van der Waals surface area contributed by atoms with Gasteiger partial charge in [-0.05, 0) is 37.4 Å². The molecule has 2 heterocycles. The molecular formula is C23H21F2N3O5. The first-order chi connectivity index (χ1) is 15.7. The molecule has 0 amide bonds. The average Bonchev–Trinajstić information content (AvgIpc) is 2.76. The van der Waals surface area contributed by atoms with E-state index in [1.54, 1.807) is 4.90 Å². The molecule has 0 atom stereocenters. The molecule has 2 aromatic carbocycles. The number of carbonyl (C=O) groups excluding carboxylic acids is 1. The van der Waals surface area contributed by atoms with Crippen LogP contribution in [-0.4, -0.2) is 59.7 Å². The number of carboxylic acids is 1. The molecule has 0 bridgehead atoms. The number of esters is 1. The van der Waals surface area contributed by atoms with E-state index in [-0.39, 0.29) is 22.3 Å². The highest BCUT2D eigenvalue weighted by Gasteiger charge is 2.27. The SMILES string of the molecule is CC(=O)Oc1ccc(-n2cc(C(=O)O)c(=O)c3cc(F)c(N4CCN(C)CC4)c(F)c32)cc1. The molecule has 1 aliphatic rings. The number of ether oxygens (including phenoxy) is 1. The van der Waals surface area contributed by atoms with E-state index in [1.165, 1.54) is 35.8 Å². The summed E-state index contributed by atoms with van der Waals surface area (Å²) in [6.07, 6.45) is 1.02. The monoisotopic (exact) mass is 457 g/mol. The zero-order chi connectivity index (χ0) is 23.9. The minimum absolute atomic E-state index is 0.236. The lowest BCUT2D eigenvalue weighted by atomic mass is 10.1. The molecule has 3 aromatic rings. The van der Waals surface area contributed by atoms with Crippen LogP contribution in [0.25, 0.3) is 16.6 Å². The Hall–Kier alpha value is -3.79. The number of aromatic carboxylic acids is 1. The molecule has 1 fully saturated rings. The predicted molar refractivity (Wildman–Crippen MR) is 117 cm³/mol. The van der Waals surface area contributed by atoms with Gasteiger partial charge in [-0.3, -0.25) is 9.59 Å². The number of carboxylic acid groups (broad SMARTS) is 1. The highest BCUT2D eigenvalue weighted by atomic mass is 19.1. The number of carbonyl (C=O) groups is 2. The van der Waals surface area contributed by atoms with Gasteiger partial charge in [-0.15, -0.1) is 0 Å². The maximum atomic E-state index is 15.9. The van der Waals surface area contributed by atoms with Crippen LogP contribution in [0.4, 0.5) is 14.5 Å². The minimum Gasteiger partial charge on any atom is -0.477 e. The predicted octanol–water partition coefficient (Wildman–Crippen LogP) is 2.64. The largest absolute Gasteiger partial charge is 0.477 e. The highest BCUT2D eigenvalue weighted by molar-refractivity contribution is 5.94. The molecule has 33 heavy (non-hydrogen) atoms. The van der Waals surface area contributed by atoms with Gasteiger partial charge in [0.25, 0.3) is 0 Å². The first kappa shape index (κ1) is 22.4. The van der Waals surface area contributed by atoms with Gasteiger partial charge in [-0.2, -0.15) is 0 Å². The summed E-state index contributed by atoms with van der Waals surface area (Å²) in [5.74, 6) is -3.69. The Morgan fingerprint density at radius 3 is 2.27 bits per heavy atom. The molecule has 0 unspecified atom stereocenters. The number of piperazine rings is 1. The van der Waals surface area contributed by atoms with Crippen LogP contribution in [0.5, 0.6) is 5.75 Å². The third-order valence-electron chi connectivity index (χ3n) is 5.58. The number of rotatable bonds is 4. The number of hydrogen-bond acceptors (Lipinski definition) is 6. The van der Waals surface area contributed by atoms with Crippen molar-refractivity contribution in [1.29, 1.82) is 0 Å². The van der Waals surface area contributed by atoms with Crippen molar-refractivity contribution in [2.75, 3.05) is 38.1 Å². The second kappa shape index (κ2) is 8.62. The van der Waals surface area contributed by atoms with Crippen molar-refractivity contribution in [1.82, 2.24) is 9.47 Å². The standard InChI is InChI=1S/C23H21F2N3O5/c1-13(29)33-15-5-3-14(4-6-15)28-12-17(23(31)32)22(30)16-11-18(24)21(19(25)20(16)28)27-9-7-26(2)8-10-27/h3-6,11-12H,7-10H2,1-2H3,(H,31,32). The molecule has 1 aromatic heterocycles. The van der Waals surface area contributed by atoms with Crippen molar-refractivity contribution < 1.29 is 28.2 Å². The number of benzene rings is 2. The van der Waals surface area contributed by atoms with Crippen LogP contribution in [0.3, 0.4) is 0 Å². The third kappa shape index (κ3) is 4.17. The van der Waals surface area contributed by atoms with E-state index in [1.807, 2.05) is 11.9 Å². The number of aromatic nitrogens is 1. The molecule has 1 saturated heterocycles. The molecule has 0 saturated carbocycles. The lowest BCUT2D eigenvalue weighted by Gasteiger charge is -2.34. The fraction of sp³-hybridized carbons (Fsp3) is 0.261. The highest BCUT2D eigenvalue weighted by Crippen LogP contribution is 2.32. The topological polar surface area (TPSA) is 92.1 Å². The fourth-order valence-electron chi connectivity index (χ4n) is 3.92. The number of likely N-dealkylation sites (N-methyl/N-ethyl adjacent to an activating group) is 1. The van der Waals surface area contributed by atoms with Gasteiger partial charge in [0.1, 0.15) is 22.8 Å². The van der Waals surface area contributed by atoms with Crippen LogP contribution in [0, 0.1) is 11.6 Å². The van der Waals surface area contributed by atoms with E-state index in [0.717, 1.165) is 12.3 Å². The molecule has 1 aliphatic heterocycles. The first-order valence-corrected chi connectivity index (χ1v) is 10.2. The van der Waals surface area contributed by atoms with Crippen LogP contribution < -0.4 is 15.1 Å². The molecule has 0 radical (unpaired) electrons. The van der Waals surface area contributed by atoms with Gasteiger partial charge in [0, 0.05) is 45.0 Å². The van der Waals surface area contributed by atoms with E-state index in [0.29, 0.717) is 31.9 Å². The Balaban J connectivity index is 1.97. The molecule has 4 rings (SSSR count). The maximum Gasteiger partial charge on any atom is 0.341 e. The summed E-state index contributed by atoms with van der Waals surface area (Å²) in [4.78, 5) is 39.2. The van der Waals surface area contributed by atoms with E-state index in [9.17, 15) is 19.5 Å². The summed E-state index contributed by atoms with van der Waals surface area (Å²) >= 11 is 0. The molecule has 10 heteroatoms. The summed E-state index contributed by atoms with van der Waals surface area (Å²) in [5.41, 5.74) is -1.80. The van der Waals surface area contributed by atoms with Crippen LogP contribution in [0.1, 0.15) is 17.3 Å². The van der Waals surface area contributed by atoms with Crippen LogP contribution in [0.15, 0.2) is 41.3 Å². The number of pyridine rings is 1. The Morgan fingerprint density at radius 2 is 1.70 bits per heavy atom. The zero-order valence-corrected chi connectivity index (χ0v) is 18.0. The van der Waals surface area contributed by atoms with Crippen LogP contribution in [0.2, 0.25) is 0 Å². The van der Waals surface area contributed by atoms with Crippen molar-refractivity contribution in [2.24, 2.45) is 0 Å². The van der Waals surface area contributed by atoms with Crippen molar-refractivity contribution in [3.05, 3.63) is 63.9 Å². The van der Waals surface area contributed by atoms with Crippen molar-refractivity contribution in [3.63, 3.8) is 0 Å². The zero-order valence-electron chi connectivity index (χ0n) is 18.0. The first-order valence-electron chi connectivity index (χ1n) is 10.2. The van der Waals surface area contributed by atoms with Gasteiger partial charge in [-0.25, -0.2) is 13.6 Å². The molecular weight excluding hydrogens is 436 g/mol. The Labute approximate surface area is 187 Å². The van der Waals surface area contributed by atoms with Crippen molar-refractivity contribution in [2.45, 2.75) is 6.92 Å². The number of halogens is 2. The van der Waals surface area contributed by atoms with Gasteiger partial charge >= 0.3 is 11.9 Å². The Morgan fingerprint density at radius 1 is 1.06 bits per heavy atom. The van der Waals surface area contributed by atoms with E-state index in [4.69, 9.17) is 4.74 Å². The Kier molecular flexibility index (Phi) is 5.86. The summed E-state index contributed by atoms with van der Waals surface area (Å²) in [7, 11) is 1.91. The normalized spacial score (nSPS) is 14.5. The van der Waals surface area contributed by atoms with Crippen LogP contribution >= 0.6 is 0 Å². The lowest BCUT2D eigenvalue weighted by Crippen LogP contribution is -2.45. The Bertz CT molecular complexity index is 1310. The summed E-state index contributed by atoms with van der Waals surface area (Å²) in [5, 5.41) is 9.11. The second-order valence-electron chi connectivity index (χ2n) is 7.84. The summed E-state index contributed by atoms with van der Waals surface area (Å²) in [6.45, 7) is 3.25. The number of anilines is 1. The van der Waals surface area contributed by atoms with Crippen LogP contribution in [-0.2, 0) is 4.79 Å². The molecule has 1 N–H and O–H groups in total. The van der Waals surface area contributed by atoms with Gasteiger partial charge < -0.3 is 24.2 Å². The second-order valence-corrected chi connectivity index (χ2v) is 7.84. The fourth-order valence-corrected chi connectivity index (χ4v) is 3.92. The van der Waals surface area contributed by atoms with Gasteiger partial charge in [0.15, 0.2) is 5.82 Å². The van der Waals surface area contributed by atoms with Crippen molar-refractivity contribution in [3.8, 4) is 11.4 Å². The van der Waals surface area contributed by atoms with E-state index in [2.05, 4.69) is 0 Å². The minimum atomic E-state index is -1.52. The molecule has 0 spiro atoms. The van der Waals surface area contributed by atoms with E-state index < -0.39 is 34.6 Å². The summed E-state index contributed by atoms with van der Waals surface area (Å²) < 4.78 is 37.1. The number of fused-ring (bicyclic) bond motifs is 1. The maximum absolute atomic E-state index is 15.9. The molecule has 8 nitrogen and oxygen atoms in total. The number of hydrogen-bond donors (Lipinski definition) is 1. The number of nitrogens with zero attached hydrogens (tertiary/aromatic N) is 3. The van der Waals surface area contributed by atoms with Gasteiger partial charge in [0.2, 0.25) is 5.43 Å². The third-order valence-corrected chi connectivity index (χ3v) is 5.58. The molecule has 0 aliphatic carbocycles. The molecule has 172 valence electrons. The van der Waals surface area contributed by atoms with E-state index >= 15 is 8.78 Å². The summed E-state index contributed by atoms with van der Waals surface area (Å²) in [6, 6.07) is 6.75. The lowest BCUT2D eigenvalue weighted by molar-refractivity contribution is -0.131. The van der Waals surface area contributed by atoms with Gasteiger partial charge in [0.05, 0.1) is 10.9 Å². The van der Waals surface area contributed by atoms with Crippen molar-refractivity contribution >= 4 is 28.5 Å². The average molecular weight is 457 g/mol. The van der Waals surface area contributed by atoms with Gasteiger partial charge in [-0.1, -0.05) is 0 Å².